The maximum Gasteiger partial charge on any atom is 0.266 e. The molecule has 2 aromatic carbocycles. The molecule has 0 aliphatic heterocycles. The van der Waals surface area contributed by atoms with Gasteiger partial charge in [0.15, 0.2) is 11.5 Å². The fourth-order valence-electron chi connectivity index (χ4n) is 2.86. The average molecular weight is 406 g/mol. The Kier molecular flexibility index (Phi) is 8.52. The summed E-state index contributed by atoms with van der Waals surface area (Å²) in [4.78, 5) is 12.6. The third kappa shape index (κ3) is 5.89. The van der Waals surface area contributed by atoms with Crippen LogP contribution in [0.5, 0.6) is 17.2 Å². The zero-order chi connectivity index (χ0) is 21.9. The van der Waals surface area contributed by atoms with Crippen molar-refractivity contribution < 1.29 is 19.0 Å². The van der Waals surface area contributed by atoms with Crippen molar-refractivity contribution in [2.24, 2.45) is 0 Å². The van der Waals surface area contributed by atoms with E-state index in [1.165, 1.54) is 6.08 Å². The van der Waals surface area contributed by atoms with Crippen LogP contribution in [-0.2, 0) is 11.2 Å². The lowest BCUT2D eigenvalue weighted by molar-refractivity contribution is -0.112. The Bertz CT molecular complexity index is 974. The first kappa shape index (κ1) is 22.6. The number of nitrogens with one attached hydrogen (secondary N) is 1. The van der Waals surface area contributed by atoms with Crippen LogP contribution in [0.1, 0.15) is 25.0 Å². The number of nitrogens with zero attached hydrogens (tertiary/aromatic N) is 1. The van der Waals surface area contributed by atoms with Gasteiger partial charge in [0.2, 0.25) is 0 Å². The second-order valence-corrected chi connectivity index (χ2v) is 6.22. The van der Waals surface area contributed by atoms with Crippen LogP contribution in [0, 0.1) is 11.3 Å². The first-order chi connectivity index (χ1) is 14.6. The Labute approximate surface area is 177 Å². The van der Waals surface area contributed by atoms with E-state index in [1.807, 2.05) is 26.0 Å². The summed E-state index contributed by atoms with van der Waals surface area (Å²) in [5.41, 5.74) is 2.04. The Morgan fingerprint density at radius 2 is 1.97 bits per heavy atom. The number of amides is 1. The van der Waals surface area contributed by atoms with E-state index in [9.17, 15) is 10.1 Å². The number of benzene rings is 2. The summed E-state index contributed by atoms with van der Waals surface area (Å²) in [7, 11) is 1.55. The fraction of sp³-hybridized carbons (Fsp3) is 0.250. The lowest BCUT2D eigenvalue weighted by atomic mass is 10.0. The molecule has 0 saturated carbocycles. The Balaban J connectivity index is 2.40. The van der Waals surface area contributed by atoms with Crippen LogP contribution < -0.4 is 19.5 Å². The molecule has 156 valence electrons. The van der Waals surface area contributed by atoms with Gasteiger partial charge in [-0.25, -0.2) is 0 Å². The van der Waals surface area contributed by atoms with Crippen molar-refractivity contribution in [3.05, 3.63) is 65.8 Å². The van der Waals surface area contributed by atoms with Crippen LogP contribution in [0.4, 0.5) is 5.69 Å². The quantitative estimate of drug-likeness (QED) is 0.349. The van der Waals surface area contributed by atoms with Gasteiger partial charge in [0.25, 0.3) is 5.91 Å². The zero-order valence-electron chi connectivity index (χ0n) is 17.5. The molecule has 0 aliphatic rings. The van der Waals surface area contributed by atoms with Crippen molar-refractivity contribution in [1.29, 1.82) is 5.26 Å². The summed E-state index contributed by atoms with van der Waals surface area (Å²) in [5, 5.41) is 12.3. The van der Waals surface area contributed by atoms with Crippen LogP contribution >= 0.6 is 0 Å². The standard InChI is InChI=1S/C24H26N2O4/c1-5-9-18-12-17(14-22(29-6-2)23(18)30-7-3)13-19(16-25)24(27)26-20-10-8-11-21(15-20)28-4/h5,8,10-15H,1,6-7,9H2,2-4H3,(H,26,27)/b19-13-. The van der Waals surface area contributed by atoms with Crippen molar-refractivity contribution in [3.8, 4) is 23.3 Å². The van der Waals surface area contributed by atoms with Gasteiger partial charge in [-0.3, -0.25) is 4.79 Å². The molecule has 0 heterocycles. The largest absolute Gasteiger partial charge is 0.497 e. The molecule has 0 spiro atoms. The molecule has 0 atom stereocenters. The second-order valence-electron chi connectivity index (χ2n) is 6.22. The van der Waals surface area contributed by atoms with Gasteiger partial charge in [-0.1, -0.05) is 12.1 Å². The molecular formula is C24H26N2O4. The molecule has 0 fully saturated rings. The normalized spacial score (nSPS) is 10.7. The van der Waals surface area contributed by atoms with Gasteiger partial charge in [0.05, 0.1) is 20.3 Å². The monoisotopic (exact) mass is 406 g/mol. The highest BCUT2D eigenvalue weighted by molar-refractivity contribution is 6.09. The Hall–Kier alpha value is -3.72. The highest BCUT2D eigenvalue weighted by atomic mass is 16.5. The third-order valence-corrected chi connectivity index (χ3v) is 4.11. The third-order valence-electron chi connectivity index (χ3n) is 4.11. The van der Waals surface area contributed by atoms with E-state index in [0.29, 0.717) is 48.1 Å². The minimum absolute atomic E-state index is 0.0334. The number of carbonyl (C=O) groups excluding carboxylic acids is 1. The number of anilines is 1. The molecule has 0 aromatic heterocycles. The molecular weight excluding hydrogens is 380 g/mol. The van der Waals surface area contributed by atoms with E-state index in [-0.39, 0.29) is 5.57 Å². The van der Waals surface area contributed by atoms with Gasteiger partial charge in [-0.15, -0.1) is 6.58 Å². The molecule has 0 unspecified atom stereocenters. The van der Waals surface area contributed by atoms with Crippen LogP contribution in [0.3, 0.4) is 0 Å². The van der Waals surface area contributed by atoms with Crippen molar-refractivity contribution in [2.45, 2.75) is 20.3 Å². The minimum Gasteiger partial charge on any atom is -0.497 e. The highest BCUT2D eigenvalue weighted by Gasteiger charge is 2.15. The van der Waals surface area contributed by atoms with Crippen LogP contribution in [-0.4, -0.2) is 26.2 Å². The lowest BCUT2D eigenvalue weighted by Crippen LogP contribution is -2.13. The van der Waals surface area contributed by atoms with E-state index in [0.717, 1.165) is 5.56 Å². The number of allylic oxidation sites excluding steroid dienone is 1. The van der Waals surface area contributed by atoms with E-state index >= 15 is 0 Å². The van der Waals surface area contributed by atoms with Crippen LogP contribution in [0.2, 0.25) is 0 Å². The van der Waals surface area contributed by atoms with Crippen molar-refractivity contribution in [3.63, 3.8) is 0 Å². The number of nitriles is 1. The van der Waals surface area contributed by atoms with E-state index < -0.39 is 5.91 Å². The summed E-state index contributed by atoms with van der Waals surface area (Å²) < 4.78 is 16.6. The topological polar surface area (TPSA) is 80.6 Å². The van der Waals surface area contributed by atoms with Gasteiger partial charge in [0.1, 0.15) is 17.4 Å². The SMILES string of the molecule is C=CCc1cc(/C=C(/C#N)C(=O)Nc2cccc(OC)c2)cc(OCC)c1OCC. The smallest absolute Gasteiger partial charge is 0.266 e. The second kappa shape index (κ2) is 11.3. The van der Waals surface area contributed by atoms with Gasteiger partial charge >= 0.3 is 0 Å². The average Bonchev–Trinajstić information content (AvgIpc) is 2.74. The van der Waals surface area contributed by atoms with E-state index in [4.69, 9.17) is 14.2 Å². The number of carbonyl (C=O) groups is 1. The van der Waals surface area contributed by atoms with Gasteiger partial charge < -0.3 is 19.5 Å². The molecule has 0 saturated heterocycles. The van der Waals surface area contributed by atoms with E-state index in [2.05, 4.69) is 11.9 Å². The number of hydrogen-bond acceptors (Lipinski definition) is 5. The van der Waals surface area contributed by atoms with Crippen LogP contribution in [0.15, 0.2) is 54.6 Å². The fourth-order valence-corrected chi connectivity index (χ4v) is 2.86. The van der Waals surface area contributed by atoms with Crippen LogP contribution in [0.25, 0.3) is 6.08 Å². The van der Waals surface area contributed by atoms with E-state index in [1.54, 1.807) is 43.5 Å². The molecule has 1 N–H and O–H groups in total. The molecule has 2 rings (SSSR count). The Morgan fingerprint density at radius 1 is 1.20 bits per heavy atom. The number of ether oxygens (including phenoxy) is 3. The number of rotatable bonds is 10. The predicted molar refractivity (Wildman–Crippen MR) is 118 cm³/mol. The first-order valence-corrected chi connectivity index (χ1v) is 9.66. The highest BCUT2D eigenvalue weighted by Crippen LogP contribution is 2.34. The summed E-state index contributed by atoms with van der Waals surface area (Å²) in [5.74, 6) is 1.31. The van der Waals surface area contributed by atoms with Gasteiger partial charge in [0, 0.05) is 17.3 Å². The zero-order valence-corrected chi connectivity index (χ0v) is 17.5. The molecule has 0 aliphatic carbocycles. The summed E-state index contributed by atoms with van der Waals surface area (Å²) in [6.45, 7) is 8.53. The van der Waals surface area contributed by atoms with Gasteiger partial charge in [-0.05, 0) is 56.2 Å². The van der Waals surface area contributed by atoms with Gasteiger partial charge in [-0.2, -0.15) is 5.26 Å². The number of hydrogen-bond donors (Lipinski definition) is 1. The lowest BCUT2D eigenvalue weighted by Gasteiger charge is -2.16. The maximum atomic E-state index is 12.6. The van der Waals surface area contributed by atoms with Crippen molar-refractivity contribution in [2.75, 3.05) is 25.6 Å². The minimum atomic E-state index is -0.511. The maximum absolute atomic E-state index is 12.6. The van der Waals surface area contributed by atoms with Crippen molar-refractivity contribution in [1.82, 2.24) is 0 Å². The molecule has 0 radical (unpaired) electrons. The number of methoxy groups -OCH3 is 1. The molecule has 30 heavy (non-hydrogen) atoms. The molecule has 0 bridgehead atoms. The first-order valence-electron chi connectivity index (χ1n) is 9.66. The summed E-state index contributed by atoms with van der Waals surface area (Å²) in [6, 6.07) is 12.5. The molecule has 2 aromatic rings. The predicted octanol–water partition coefficient (Wildman–Crippen LogP) is 4.77. The molecule has 6 heteroatoms. The molecule has 1 amide bonds. The summed E-state index contributed by atoms with van der Waals surface area (Å²) >= 11 is 0. The van der Waals surface area contributed by atoms with Crippen molar-refractivity contribution >= 4 is 17.7 Å². The summed E-state index contributed by atoms with van der Waals surface area (Å²) in [6.07, 6.45) is 3.86. The Morgan fingerprint density at radius 3 is 2.60 bits per heavy atom. The molecule has 6 nitrogen and oxygen atoms in total.